The number of anilines is 1. The minimum atomic E-state index is -0.439. The van der Waals surface area contributed by atoms with Gasteiger partial charge in [0.1, 0.15) is 5.71 Å². The summed E-state index contributed by atoms with van der Waals surface area (Å²) in [5.41, 5.74) is 0.458. The summed E-state index contributed by atoms with van der Waals surface area (Å²) in [6.45, 7) is 0. The molecule has 0 saturated carbocycles. The second-order valence-corrected chi connectivity index (χ2v) is 4.92. The Morgan fingerprint density at radius 1 is 1.57 bits per heavy atom. The van der Waals surface area contributed by atoms with Gasteiger partial charge in [-0.3, -0.25) is 4.79 Å². The number of rotatable bonds is 2. The van der Waals surface area contributed by atoms with Gasteiger partial charge < -0.3 is 0 Å². The van der Waals surface area contributed by atoms with Crippen LogP contribution in [0.1, 0.15) is 0 Å². The molecule has 72 valence electrons. The Morgan fingerprint density at radius 3 is 3.07 bits per heavy atom. The number of nitrogens with zero attached hydrogens (tertiary/aromatic N) is 3. The van der Waals surface area contributed by atoms with Crippen molar-refractivity contribution < 1.29 is 4.79 Å². The summed E-state index contributed by atoms with van der Waals surface area (Å²) >= 11 is 5.50. The lowest BCUT2D eigenvalue weighted by atomic mass is 10.5. The van der Waals surface area contributed by atoms with E-state index in [2.05, 4.69) is 10.1 Å². The van der Waals surface area contributed by atoms with Crippen LogP contribution in [-0.4, -0.2) is 21.0 Å². The van der Waals surface area contributed by atoms with Crippen molar-refractivity contribution in [1.82, 2.24) is 4.98 Å². The van der Waals surface area contributed by atoms with Gasteiger partial charge in [0.2, 0.25) is 0 Å². The number of carbonyl (C=O) groups excluding carboxylic acids is 1. The van der Waals surface area contributed by atoms with E-state index in [-0.39, 0.29) is 0 Å². The van der Waals surface area contributed by atoms with E-state index in [1.165, 1.54) is 0 Å². The number of aromatic nitrogens is 1. The zero-order valence-corrected chi connectivity index (χ0v) is 9.81. The molecule has 4 nitrogen and oxygen atoms in total. The van der Waals surface area contributed by atoms with Crippen LogP contribution in [-0.2, 0) is 4.79 Å². The maximum absolute atomic E-state index is 10.4. The first kappa shape index (κ1) is 9.72. The minimum Gasteiger partial charge on any atom is -0.296 e. The van der Waals surface area contributed by atoms with Crippen LogP contribution in [0.5, 0.6) is 0 Å². The molecule has 2 heterocycles. The van der Waals surface area contributed by atoms with E-state index < -0.39 is 21.0 Å². The Labute approximate surface area is 95.7 Å². The molecule has 14 heavy (non-hydrogen) atoms. The van der Waals surface area contributed by atoms with E-state index in [1.807, 2.05) is 4.01 Å². The van der Waals surface area contributed by atoms with Crippen molar-refractivity contribution in [2.75, 3.05) is 3.22 Å². The molecule has 0 fully saturated rings. The van der Waals surface area contributed by atoms with Gasteiger partial charge in [-0.1, -0.05) is 11.6 Å². The zero-order chi connectivity index (χ0) is 9.97. The smallest absolute Gasteiger partial charge is 0.177 e. The predicted molar refractivity (Wildman–Crippen MR) is 65.3 cm³/mol. The number of carbonyl (C=O) groups is 1. The van der Waals surface area contributed by atoms with Crippen molar-refractivity contribution in [3.8, 4) is 0 Å². The molecule has 0 saturated heterocycles. The standard InChI is InChI=1S/C8H5ClIN3O/c9-7-2-1-3-11-8(7)13-10-4-6(5-14)12-13/h1-5H. The van der Waals surface area contributed by atoms with Crippen molar-refractivity contribution >= 4 is 54.4 Å². The number of halogens is 2. The molecule has 0 aromatic carbocycles. The number of pyridine rings is 1. The summed E-state index contributed by atoms with van der Waals surface area (Å²) in [7, 11) is 0. The highest BCUT2D eigenvalue weighted by molar-refractivity contribution is 14.2. The first-order chi connectivity index (χ1) is 6.81. The lowest BCUT2D eigenvalue weighted by Gasteiger charge is -2.09. The monoisotopic (exact) mass is 321 g/mol. The van der Waals surface area contributed by atoms with E-state index in [0.717, 1.165) is 6.29 Å². The van der Waals surface area contributed by atoms with Crippen molar-refractivity contribution in [2.45, 2.75) is 0 Å². The van der Waals surface area contributed by atoms with Crippen LogP contribution in [0.2, 0.25) is 5.02 Å². The molecule has 0 aliphatic carbocycles. The fourth-order valence-corrected chi connectivity index (χ4v) is 3.08. The third-order valence-electron chi connectivity index (χ3n) is 1.49. The molecule has 0 bridgehead atoms. The Hall–Kier alpha value is -0.820. The van der Waals surface area contributed by atoms with Gasteiger partial charge in [0.05, 0.1) is 5.02 Å². The van der Waals surface area contributed by atoms with Crippen LogP contribution in [0.15, 0.2) is 23.4 Å². The fourth-order valence-electron chi connectivity index (χ4n) is 0.897. The SMILES string of the molecule is O=CC1=NN(c2ncccc2Cl)I=C1. The lowest BCUT2D eigenvalue weighted by molar-refractivity contribution is -0.102. The highest BCUT2D eigenvalue weighted by atomic mass is 127. The summed E-state index contributed by atoms with van der Waals surface area (Å²) in [4.78, 5) is 14.6. The number of hydrogen-bond donors (Lipinski definition) is 0. The van der Waals surface area contributed by atoms with Crippen molar-refractivity contribution in [1.29, 1.82) is 0 Å². The largest absolute Gasteiger partial charge is 0.296 e. The summed E-state index contributed by atoms with van der Waals surface area (Å²) in [5.74, 6) is 0.620. The summed E-state index contributed by atoms with van der Waals surface area (Å²) in [5, 5.41) is 4.62. The van der Waals surface area contributed by atoms with E-state index in [0.29, 0.717) is 16.6 Å². The quantitative estimate of drug-likeness (QED) is 0.474. The van der Waals surface area contributed by atoms with Crippen LogP contribution in [0.25, 0.3) is 0 Å². The first-order valence-electron chi connectivity index (χ1n) is 3.72. The van der Waals surface area contributed by atoms with Crippen LogP contribution in [0, 0.1) is 0 Å². The van der Waals surface area contributed by atoms with Gasteiger partial charge >= 0.3 is 0 Å². The molecular formula is C8H5ClIN3O. The molecule has 6 heteroatoms. The van der Waals surface area contributed by atoms with Gasteiger partial charge in [-0.05, 0) is 12.1 Å². The highest BCUT2D eigenvalue weighted by Crippen LogP contribution is 2.29. The molecule has 1 aromatic rings. The number of aldehydes is 1. The minimum absolute atomic E-state index is 0.439. The molecule has 0 unspecified atom stereocenters. The van der Waals surface area contributed by atoms with E-state index in [9.17, 15) is 4.79 Å². The van der Waals surface area contributed by atoms with Crippen molar-refractivity contribution in [3.05, 3.63) is 23.4 Å². The molecule has 0 atom stereocenters. The van der Waals surface area contributed by atoms with Gasteiger partial charge in [0, 0.05) is 31.2 Å². The molecule has 1 aliphatic rings. The first-order valence-corrected chi connectivity index (χ1v) is 6.31. The van der Waals surface area contributed by atoms with Crippen molar-refractivity contribution in [2.24, 2.45) is 5.10 Å². The Bertz CT molecular complexity index is 432. The molecule has 1 aromatic heterocycles. The second-order valence-electron chi connectivity index (χ2n) is 2.42. The Kier molecular flexibility index (Phi) is 2.87. The third kappa shape index (κ3) is 1.83. The fraction of sp³-hybridized carbons (Fsp3) is 0. The van der Waals surface area contributed by atoms with Crippen LogP contribution < -0.4 is 3.22 Å². The maximum Gasteiger partial charge on any atom is 0.177 e. The highest BCUT2D eigenvalue weighted by Gasteiger charge is 2.13. The molecule has 2 rings (SSSR count). The van der Waals surface area contributed by atoms with Crippen molar-refractivity contribution in [3.63, 3.8) is 0 Å². The Balaban J connectivity index is 2.35. The lowest BCUT2D eigenvalue weighted by Crippen LogP contribution is -2.04. The van der Waals surface area contributed by atoms with Gasteiger partial charge in [-0.2, -0.15) is 8.32 Å². The average Bonchev–Trinajstić information content (AvgIpc) is 2.67. The molecule has 0 amide bonds. The summed E-state index contributed by atoms with van der Waals surface area (Å²) in [6.07, 6.45) is 2.38. The molecule has 0 radical (unpaired) electrons. The summed E-state index contributed by atoms with van der Waals surface area (Å²) in [6, 6.07) is 3.51. The van der Waals surface area contributed by atoms with Crippen LogP contribution in [0.4, 0.5) is 5.82 Å². The maximum atomic E-state index is 10.4. The summed E-state index contributed by atoms with van der Waals surface area (Å²) < 4.78 is 3.53. The topological polar surface area (TPSA) is 45.6 Å². The normalized spacial score (nSPS) is 14.9. The van der Waals surface area contributed by atoms with Gasteiger partial charge in [-0.15, -0.1) is 0 Å². The van der Waals surface area contributed by atoms with Gasteiger partial charge in [0.15, 0.2) is 12.1 Å². The van der Waals surface area contributed by atoms with E-state index >= 15 is 0 Å². The third-order valence-corrected chi connectivity index (χ3v) is 3.90. The number of hydrogen-bond acceptors (Lipinski definition) is 4. The Morgan fingerprint density at radius 2 is 2.43 bits per heavy atom. The van der Waals surface area contributed by atoms with Crippen LogP contribution in [0.3, 0.4) is 0 Å². The molecule has 0 N–H and O–H groups in total. The second kappa shape index (κ2) is 4.14. The predicted octanol–water partition coefficient (Wildman–Crippen LogP) is 1.80. The van der Waals surface area contributed by atoms with Crippen LogP contribution >= 0.6 is 32.6 Å². The average molecular weight is 322 g/mol. The zero-order valence-electron chi connectivity index (χ0n) is 6.89. The molecular weight excluding hydrogens is 316 g/mol. The van der Waals surface area contributed by atoms with Gasteiger partial charge in [0.25, 0.3) is 0 Å². The molecule has 0 spiro atoms. The van der Waals surface area contributed by atoms with E-state index in [1.54, 1.807) is 21.6 Å². The van der Waals surface area contributed by atoms with Gasteiger partial charge in [-0.25, -0.2) is 4.98 Å². The van der Waals surface area contributed by atoms with E-state index in [4.69, 9.17) is 11.6 Å². The number of hydrazone groups is 1. The molecule has 1 aliphatic heterocycles.